The van der Waals surface area contributed by atoms with E-state index in [1.165, 1.54) is 7.11 Å². The van der Waals surface area contributed by atoms with Gasteiger partial charge in [-0.05, 0) is 55.5 Å². The molecule has 124 valence electrons. The highest BCUT2D eigenvalue weighted by Crippen LogP contribution is 2.27. The van der Waals surface area contributed by atoms with E-state index in [0.717, 1.165) is 16.0 Å². The minimum Gasteiger partial charge on any atom is -0.495 e. The molecule has 0 aliphatic carbocycles. The van der Waals surface area contributed by atoms with Gasteiger partial charge in [0.1, 0.15) is 10.6 Å². The molecule has 6 heteroatoms. The lowest BCUT2D eigenvalue weighted by Gasteiger charge is -2.17. The van der Waals surface area contributed by atoms with Gasteiger partial charge in [-0.3, -0.25) is 0 Å². The van der Waals surface area contributed by atoms with Gasteiger partial charge in [-0.25, -0.2) is 13.1 Å². The number of thioether (sulfide) groups is 1. The number of aryl methyl sites for hydroxylation is 1. The van der Waals surface area contributed by atoms with Crippen molar-refractivity contribution in [1.82, 2.24) is 4.72 Å². The summed E-state index contributed by atoms with van der Waals surface area (Å²) in [7, 11) is -2.20. The van der Waals surface area contributed by atoms with Gasteiger partial charge in [-0.15, -0.1) is 11.8 Å². The molecule has 1 N–H and O–H groups in total. The number of nitrogens with one attached hydrogen (secondary N) is 1. The van der Waals surface area contributed by atoms with Gasteiger partial charge in [0.2, 0.25) is 10.0 Å². The van der Waals surface area contributed by atoms with Crippen LogP contribution in [0.3, 0.4) is 0 Å². The summed E-state index contributed by atoms with van der Waals surface area (Å²) >= 11 is 1.65. The third kappa shape index (κ3) is 4.28. The van der Waals surface area contributed by atoms with Crippen LogP contribution in [-0.2, 0) is 10.0 Å². The van der Waals surface area contributed by atoms with Gasteiger partial charge >= 0.3 is 0 Å². The summed E-state index contributed by atoms with van der Waals surface area (Å²) < 4.78 is 33.2. The number of hydrogen-bond acceptors (Lipinski definition) is 4. The highest BCUT2D eigenvalue weighted by atomic mass is 32.2. The SMILES string of the molecule is COc1ccc(C)cc1S(=O)(=O)N[C@@H](C)c1ccc(SC)cc1. The average Bonchev–Trinajstić information content (AvgIpc) is 2.54. The quantitative estimate of drug-likeness (QED) is 0.805. The maximum atomic E-state index is 12.7. The van der Waals surface area contributed by atoms with Gasteiger partial charge in [0.15, 0.2) is 0 Å². The molecule has 0 spiro atoms. The fourth-order valence-corrected chi connectivity index (χ4v) is 4.14. The highest BCUT2D eigenvalue weighted by molar-refractivity contribution is 7.98. The molecule has 0 heterocycles. The third-order valence-electron chi connectivity index (χ3n) is 3.56. The van der Waals surface area contributed by atoms with E-state index in [1.807, 2.05) is 50.4 Å². The number of benzene rings is 2. The van der Waals surface area contributed by atoms with Crippen LogP contribution in [0.25, 0.3) is 0 Å². The molecule has 0 aliphatic heterocycles. The molecule has 0 radical (unpaired) electrons. The van der Waals surface area contributed by atoms with Gasteiger partial charge in [-0.2, -0.15) is 0 Å². The van der Waals surface area contributed by atoms with Crippen LogP contribution in [0.5, 0.6) is 5.75 Å². The van der Waals surface area contributed by atoms with E-state index < -0.39 is 10.0 Å². The van der Waals surface area contributed by atoms with Crippen molar-refractivity contribution in [1.29, 1.82) is 0 Å². The van der Waals surface area contributed by atoms with Crippen molar-refractivity contribution < 1.29 is 13.2 Å². The van der Waals surface area contributed by atoms with E-state index >= 15 is 0 Å². The maximum absolute atomic E-state index is 12.7. The molecular formula is C17H21NO3S2. The van der Waals surface area contributed by atoms with Crippen LogP contribution in [0.4, 0.5) is 0 Å². The fraction of sp³-hybridized carbons (Fsp3) is 0.294. The Morgan fingerprint density at radius 2 is 1.78 bits per heavy atom. The molecule has 0 aromatic heterocycles. The lowest BCUT2D eigenvalue weighted by molar-refractivity contribution is 0.402. The molecular weight excluding hydrogens is 330 g/mol. The largest absolute Gasteiger partial charge is 0.495 e. The monoisotopic (exact) mass is 351 g/mol. The van der Waals surface area contributed by atoms with E-state index in [-0.39, 0.29) is 10.9 Å². The van der Waals surface area contributed by atoms with Gasteiger partial charge in [-0.1, -0.05) is 18.2 Å². The zero-order valence-corrected chi connectivity index (χ0v) is 15.3. The Balaban J connectivity index is 2.28. The molecule has 0 saturated carbocycles. The smallest absolute Gasteiger partial charge is 0.244 e. The molecule has 0 fully saturated rings. The van der Waals surface area contributed by atoms with E-state index in [0.29, 0.717) is 5.75 Å². The number of methoxy groups -OCH3 is 1. The molecule has 2 aromatic carbocycles. The summed E-state index contributed by atoms with van der Waals surface area (Å²) in [4.78, 5) is 1.30. The molecule has 0 aliphatic rings. The van der Waals surface area contributed by atoms with Gasteiger partial charge in [0, 0.05) is 10.9 Å². The van der Waals surface area contributed by atoms with Crippen molar-refractivity contribution >= 4 is 21.8 Å². The second-order valence-electron chi connectivity index (χ2n) is 5.27. The zero-order valence-electron chi connectivity index (χ0n) is 13.7. The summed E-state index contributed by atoms with van der Waals surface area (Å²) in [6.07, 6.45) is 2.01. The standard InChI is InChI=1S/C17H21NO3S2/c1-12-5-10-16(21-3)17(11-12)23(19,20)18-13(2)14-6-8-15(22-4)9-7-14/h5-11,13,18H,1-4H3/t13-/m0/s1. The van der Waals surface area contributed by atoms with Crippen molar-refractivity contribution in [2.24, 2.45) is 0 Å². The number of sulfonamides is 1. The topological polar surface area (TPSA) is 55.4 Å². The maximum Gasteiger partial charge on any atom is 0.244 e. The van der Waals surface area contributed by atoms with Crippen LogP contribution in [0.2, 0.25) is 0 Å². The summed E-state index contributed by atoms with van der Waals surface area (Å²) in [5.41, 5.74) is 1.78. The van der Waals surface area contributed by atoms with Crippen LogP contribution in [0.15, 0.2) is 52.3 Å². The normalized spacial score (nSPS) is 12.9. The fourth-order valence-electron chi connectivity index (χ4n) is 2.25. The van der Waals surface area contributed by atoms with E-state index in [1.54, 1.807) is 23.9 Å². The first-order chi connectivity index (χ1) is 10.9. The Hall–Kier alpha value is -1.50. The van der Waals surface area contributed by atoms with Gasteiger partial charge < -0.3 is 4.74 Å². The Morgan fingerprint density at radius 3 is 2.35 bits per heavy atom. The van der Waals surface area contributed by atoms with E-state index in [2.05, 4.69) is 4.72 Å². The minimum absolute atomic E-state index is 0.160. The van der Waals surface area contributed by atoms with Crippen molar-refractivity contribution in [3.63, 3.8) is 0 Å². The average molecular weight is 351 g/mol. The molecule has 0 saturated heterocycles. The molecule has 0 unspecified atom stereocenters. The van der Waals surface area contributed by atoms with Gasteiger partial charge in [0.05, 0.1) is 7.11 Å². The number of hydrogen-bond donors (Lipinski definition) is 1. The van der Waals surface area contributed by atoms with Gasteiger partial charge in [0.25, 0.3) is 0 Å². The first kappa shape index (κ1) is 17.8. The van der Waals surface area contributed by atoms with Crippen molar-refractivity contribution in [3.05, 3.63) is 53.6 Å². The van der Waals surface area contributed by atoms with Crippen LogP contribution in [0.1, 0.15) is 24.1 Å². The summed E-state index contributed by atoms with van der Waals surface area (Å²) in [6, 6.07) is 12.6. The summed E-state index contributed by atoms with van der Waals surface area (Å²) in [5.74, 6) is 0.341. The van der Waals surface area contributed by atoms with Crippen LogP contribution in [0, 0.1) is 6.92 Å². The number of ether oxygens (including phenoxy) is 1. The number of rotatable bonds is 6. The Labute approximate surface area is 142 Å². The van der Waals surface area contributed by atoms with Crippen molar-refractivity contribution in [2.75, 3.05) is 13.4 Å². The summed E-state index contributed by atoms with van der Waals surface area (Å²) in [6.45, 7) is 3.68. The zero-order chi connectivity index (χ0) is 17.0. The first-order valence-corrected chi connectivity index (χ1v) is 9.89. The Kier molecular flexibility index (Phi) is 5.73. The summed E-state index contributed by atoms with van der Waals surface area (Å²) in [5, 5.41) is 0. The Bertz CT molecular complexity index is 771. The second-order valence-corrected chi connectivity index (χ2v) is 7.83. The van der Waals surface area contributed by atoms with Crippen LogP contribution >= 0.6 is 11.8 Å². The van der Waals surface area contributed by atoms with Crippen LogP contribution in [-0.4, -0.2) is 21.8 Å². The molecule has 2 aromatic rings. The molecule has 0 amide bonds. The minimum atomic E-state index is -3.67. The van der Waals surface area contributed by atoms with Crippen molar-refractivity contribution in [3.8, 4) is 5.75 Å². The highest BCUT2D eigenvalue weighted by Gasteiger charge is 2.22. The molecule has 4 nitrogen and oxygen atoms in total. The van der Waals surface area contributed by atoms with E-state index in [9.17, 15) is 8.42 Å². The second kappa shape index (κ2) is 7.38. The predicted octanol–water partition coefficient (Wildman–Crippen LogP) is 3.77. The lowest BCUT2D eigenvalue weighted by Crippen LogP contribution is -2.27. The molecule has 1 atom stereocenters. The van der Waals surface area contributed by atoms with Crippen molar-refractivity contribution in [2.45, 2.75) is 29.7 Å². The van der Waals surface area contributed by atoms with Crippen LogP contribution < -0.4 is 9.46 Å². The predicted molar refractivity (Wildman–Crippen MR) is 94.7 cm³/mol. The first-order valence-electron chi connectivity index (χ1n) is 7.18. The molecule has 2 rings (SSSR count). The lowest BCUT2D eigenvalue weighted by atomic mass is 10.1. The third-order valence-corrected chi connectivity index (χ3v) is 5.86. The molecule has 23 heavy (non-hydrogen) atoms. The Morgan fingerprint density at radius 1 is 1.13 bits per heavy atom. The van der Waals surface area contributed by atoms with E-state index in [4.69, 9.17) is 4.74 Å². The molecule has 0 bridgehead atoms.